The van der Waals surface area contributed by atoms with Crippen LogP contribution in [0.3, 0.4) is 0 Å². The molecule has 2 heterocycles. The third-order valence-electron chi connectivity index (χ3n) is 3.98. The molecule has 4 aromatic rings. The van der Waals surface area contributed by atoms with Gasteiger partial charge in [0.1, 0.15) is 12.1 Å². The second-order valence-electron chi connectivity index (χ2n) is 5.71. The van der Waals surface area contributed by atoms with E-state index in [4.69, 9.17) is 11.6 Å². The van der Waals surface area contributed by atoms with E-state index in [0.29, 0.717) is 5.02 Å². The molecule has 25 heavy (non-hydrogen) atoms. The Morgan fingerprint density at radius 1 is 0.960 bits per heavy atom. The van der Waals surface area contributed by atoms with Crippen molar-refractivity contribution in [2.24, 2.45) is 0 Å². The summed E-state index contributed by atoms with van der Waals surface area (Å²) in [5, 5.41) is 5.02. The van der Waals surface area contributed by atoms with Crippen LogP contribution in [0.5, 0.6) is 0 Å². The van der Waals surface area contributed by atoms with E-state index in [-0.39, 0.29) is 0 Å². The summed E-state index contributed by atoms with van der Waals surface area (Å²) in [6.45, 7) is 0. The molecule has 0 spiro atoms. The Morgan fingerprint density at radius 3 is 2.72 bits per heavy atom. The minimum Gasteiger partial charge on any atom is -0.340 e. The number of pyridine rings is 1. The molecule has 0 bridgehead atoms. The molecule has 0 atom stereocenters. The molecule has 0 saturated carbocycles. The lowest BCUT2D eigenvalue weighted by atomic mass is 10.1. The van der Waals surface area contributed by atoms with Crippen LogP contribution in [0.4, 0.5) is 11.5 Å². The number of anilines is 2. The van der Waals surface area contributed by atoms with Gasteiger partial charge in [-0.05, 0) is 41.5 Å². The van der Waals surface area contributed by atoms with E-state index in [9.17, 15) is 0 Å². The first-order chi connectivity index (χ1) is 12.3. The van der Waals surface area contributed by atoms with E-state index in [0.717, 1.165) is 40.0 Å². The van der Waals surface area contributed by atoms with Crippen LogP contribution in [0.2, 0.25) is 5.02 Å². The van der Waals surface area contributed by atoms with Gasteiger partial charge in [-0.1, -0.05) is 35.9 Å². The Balaban J connectivity index is 1.60. The Morgan fingerprint density at radius 2 is 1.88 bits per heavy atom. The van der Waals surface area contributed by atoms with Crippen LogP contribution in [0.15, 0.2) is 73.3 Å². The zero-order valence-electron chi connectivity index (χ0n) is 13.4. The van der Waals surface area contributed by atoms with Crippen molar-refractivity contribution in [1.29, 1.82) is 0 Å². The van der Waals surface area contributed by atoms with Gasteiger partial charge in [0.25, 0.3) is 0 Å². The van der Waals surface area contributed by atoms with Crippen molar-refractivity contribution in [3.8, 4) is 0 Å². The Labute approximate surface area is 150 Å². The topological polar surface area (TPSA) is 50.7 Å². The maximum Gasteiger partial charge on any atom is 0.141 e. The first-order valence-corrected chi connectivity index (χ1v) is 8.31. The number of aromatic nitrogens is 3. The molecule has 4 nitrogen and oxygen atoms in total. The minimum atomic E-state index is 0.715. The molecule has 122 valence electrons. The Bertz CT molecular complexity index is 1010. The van der Waals surface area contributed by atoms with Crippen molar-refractivity contribution in [1.82, 2.24) is 15.0 Å². The van der Waals surface area contributed by atoms with Crippen LogP contribution in [-0.2, 0) is 6.42 Å². The van der Waals surface area contributed by atoms with Crippen LogP contribution in [0.25, 0.3) is 10.9 Å². The van der Waals surface area contributed by atoms with Crippen LogP contribution in [0, 0.1) is 0 Å². The van der Waals surface area contributed by atoms with Gasteiger partial charge in [0.05, 0.1) is 5.52 Å². The fraction of sp³-hybridized carbons (Fsp3) is 0.0500. The number of benzene rings is 2. The van der Waals surface area contributed by atoms with Gasteiger partial charge in [0.2, 0.25) is 0 Å². The molecule has 0 aliphatic heterocycles. The number of nitrogens with one attached hydrogen (secondary N) is 1. The molecule has 0 amide bonds. The average Bonchev–Trinajstić information content (AvgIpc) is 2.65. The number of hydrogen-bond acceptors (Lipinski definition) is 4. The molecule has 0 aliphatic carbocycles. The van der Waals surface area contributed by atoms with Crippen molar-refractivity contribution in [3.05, 3.63) is 89.5 Å². The highest BCUT2D eigenvalue weighted by atomic mass is 35.5. The van der Waals surface area contributed by atoms with Crippen LogP contribution < -0.4 is 5.32 Å². The highest BCUT2D eigenvalue weighted by molar-refractivity contribution is 6.31. The molecule has 0 aliphatic rings. The van der Waals surface area contributed by atoms with Crippen LogP contribution in [-0.4, -0.2) is 15.0 Å². The largest absolute Gasteiger partial charge is 0.340 e. The third kappa shape index (κ3) is 3.44. The van der Waals surface area contributed by atoms with E-state index in [1.54, 1.807) is 12.5 Å². The molecular weight excluding hydrogens is 332 g/mol. The fourth-order valence-electron chi connectivity index (χ4n) is 2.73. The van der Waals surface area contributed by atoms with Crippen molar-refractivity contribution >= 4 is 34.0 Å². The normalized spacial score (nSPS) is 10.8. The zero-order chi connectivity index (χ0) is 17.1. The smallest absolute Gasteiger partial charge is 0.141 e. The number of para-hydroxylation sites is 1. The summed E-state index contributed by atoms with van der Waals surface area (Å²) in [4.78, 5) is 12.8. The summed E-state index contributed by atoms with van der Waals surface area (Å²) in [5.41, 5.74) is 3.99. The molecule has 2 aromatic carbocycles. The number of nitrogens with zero attached hydrogens (tertiary/aromatic N) is 3. The first-order valence-electron chi connectivity index (χ1n) is 7.94. The van der Waals surface area contributed by atoms with Gasteiger partial charge in [-0.15, -0.1) is 0 Å². The van der Waals surface area contributed by atoms with Gasteiger partial charge < -0.3 is 5.32 Å². The van der Waals surface area contributed by atoms with Gasteiger partial charge in [0, 0.05) is 34.9 Å². The second kappa shape index (κ2) is 6.87. The summed E-state index contributed by atoms with van der Waals surface area (Å²) in [6.07, 6.45) is 5.94. The van der Waals surface area contributed by atoms with Crippen molar-refractivity contribution in [2.45, 2.75) is 6.42 Å². The molecule has 0 unspecified atom stereocenters. The highest BCUT2D eigenvalue weighted by Crippen LogP contribution is 2.27. The average molecular weight is 347 g/mol. The molecule has 2 aromatic heterocycles. The van der Waals surface area contributed by atoms with E-state index in [1.807, 2.05) is 60.8 Å². The van der Waals surface area contributed by atoms with Gasteiger partial charge in [-0.25, -0.2) is 9.97 Å². The summed E-state index contributed by atoms with van der Waals surface area (Å²) < 4.78 is 0. The summed E-state index contributed by atoms with van der Waals surface area (Å²) in [5.74, 6) is 0.765. The predicted molar refractivity (Wildman–Crippen MR) is 101 cm³/mol. The predicted octanol–water partition coefficient (Wildman–Crippen LogP) is 5.01. The van der Waals surface area contributed by atoms with E-state index >= 15 is 0 Å². The summed E-state index contributed by atoms with van der Waals surface area (Å²) in [7, 11) is 0. The Kier molecular flexibility index (Phi) is 4.27. The first kappa shape index (κ1) is 15.5. The van der Waals surface area contributed by atoms with Gasteiger partial charge in [-0.3, -0.25) is 4.98 Å². The molecule has 1 N–H and O–H groups in total. The lowest BCUT2D eigenvalue weighted by molar-refractivity contribution is 1.14. The second-order valence-corrected chi connectivity index (χ2v) is 6.12. The molecule has 0 fully saturated rings. The lowest BCUT2D eigenvalue weighted by Crippen LogP contribution is -1.97. The van der Waals surface area contributed by atoms with Crippen LogP contribution >= 0.6 is 11.6 Å². The molecular formula is C20H15ClN4. The van der Waals surface area contributed by atoms with Crippen molar-refractivity contribution in [3.63, 3.8) is 0 Å². The fourth-order valence-corrected chi connectivity index (χ4v) is 2.98. The highest BCUT2D eigenvalue weighted by Gasteiger charge is 2.07. The number of fused-ring (bicyclic) bond motifs is 1. The van der Waals surface area contributed by atoms with Crippen LogP contribution in [0.1, 0.15) is 11.1 Å². The quantitative estimate of drug-likeness (QED) is 0.564. The van der Waals surface area contributed by atoms with E-state index in [2.05, 4.69) is 20.3 Å². The molecule has 0 radical (unpaired) electrons. The summed E-state index contributed by atoms with van der Waals surface area (Å²) >= 11 is 6.47. The maximum atomic E-state index is 6.47. The van der Waals surface area contributed by atoms with Gasteiger partial charge >= 0.3 is 0 Å². The number of rotatable bonds is 4. The lowest BCUT2D eigenvalue weighted by Gasteiger charge is -2.10. The molecule has 4 rings (SSSR count). The molecule has 5 heteroatoms. The monoisotopic (exact) mass is 346 g/mol. The SMILES string of the molecule is Clc1cc(Nc2ncnc3ccccc23)ccc1Cc1cccnc1. The zero-order valence-corrected chi connectivity index (χ0v) is 14.1. The van der Waals surface area contributed by atoms with Gasteiger partial charge in [0.15, 0.2) is 0 Å². The van der Waals surface area contributed by atoms with Gasteiger partial charge in [-0.2, -0.15) is 0 Å². The third-order valence-corrected chi connectivity index (χ3v) is 4.33. The maximum absolute atomic E-state index is 6.47. The van der Waals surface area contributed by atoms with E-state index in [1.165, 1.54) is 0 Å². The standard InChI is InChI=1S/C20H15ClN4/c21-18-11-16(8-7-15(18)10-14-4-3-9-22-12-14)25-20-17-5-1-2-6-19(17)23-13-24-20/h1-9,11-13H,10H2,(H,23,24,25). The number of hydrogen-bond donors (Lipinski definition) is 1. The van der Waals surface area contributed by atoms with E-state index < -0.39 is 0 Å². The molecule has 0 saturated heterocycles. The van der Waals surface area contributed by atoms with Crippen molar-refractivity contribution < 1.29 is 0 Å². The minimum absolute atomic E-state index is 0.715. The number of halogens is 1. The summed E-state index contributed by atoms with van der Waals surface area (Å²) in [6, 6.07) is 17.8. The Hall–Kier alpha value is -2.98. The van der Waals surface area contributed by atoms with Crippen molar-refractivity contribution in [2.75, 3.05) is 5.32 Å².